The van der Waals surface area contributed by atoms with Crippen molar-refractivity contribution in [3.8, 4) is 5.75 Å². The molecule has 1 fully saturated rings. The number of carbonyl (C=O) groups is 2. The number of likely N-dealkylation sites (tertiary alicyclic amines) is 1. The summed E-state index contributed by atoms with van der Waals surface area (Å²) in [6.07, 6.45) is 1.84. The molecule has 1 aliphatic rings. The predicted octanol–water partition coefficient (Wildman–Crippen LogP) is 2.35. The van der Waals surface area contributed by atoms with Crippen molar-refractivity contribution in [3.05, 3.63) is 47.3 Å². The van der Waals surface area contributed by atoms with Gasteiger partial charge in [0.2, 0.25) is 5.91 Å². The van der Waals surface area contributed by atoms with E-state index in [0.717, 1.165) is 24.2 Å². The van der Waals surface area contributed by atoms with Crippen molar-refractivity contribution in [1.82, 2.24) is 15.4 Å². The average molecular weight is 371 g/mol. The van der Waals surface area contributed by atoms with Crippen LogP contribution in [0.15, 0.2) is 34.9 Å². The molecular weight excluding hydrogens is 346 g/mol. The number of hydrogen-bond acceptors (Lipinski definition) is 5. The van der Waals surface area contributed by atoms with Gasteiger partial charge >= 0.3 is 0 Å². The lowest BCUT2D eigenvalue weighted by molar-refractivity contribution is -0.131. The van der Waals surface area contributed by atoms with E-state index in [1.54, 1.807) is 13.0 Å². The van der Waals surface area contributed by atoms with E-state index in [1.165, 1.54) is 0 Å². The Labute approximate surface area is 158 Å². The number of carbonyl (C=O) groups excluding carboxylic acids is 2. The topological polar surface area (TPSA) is 84.7 Å². The Morgan fingerprint density at radius 2 is 1.96 bits per heavy atom. The third-order valence-electron chi connectivity index (χ3n) is 4.63. The Bertz CT molecular complexity index is 777. The second-order valence-corrected chi connectivity index (χ2v) is 6.71. The SMILES string of the molecule is CCOc1ccc(CC(=O)N2CCC(NC(=O)c3cc(C)on3)CC2)cc1. The Balaban J connectivity index is 1.45. The molecule has 2 aromatic rings. The van der Waals surface area contributed by atoms with Crippen LogP contribution in [0.4, 0.5) is 0 Å². The van der Waals surface area contributed by atoms with E-state index in [0.29, 0.717) is 37.6 Å². The van der Waals surface area contributed by atoms with Crippen LogP contribution in [0.5, 0.6) is 5.75 Å². The first-order valence-corrected chi connectivity index (χ1v) is 9.29. The Kier molecular flexibility index (Phi) is 6.11. The monoisotopic (exact) mass is 371 g/mol. The van der Waals surface area contributed by atoms with E-state index in [1.807, 2.05) is 36.1 Å². The third kappa shape index (κ3) is 5.09. The first-order chi connectivity index (χ1) is 13.0. The second kappa shape index (κ2) is 8.70. The van der Waals surface area contributed by atoms with Gasteiger partial charge in [-0.3, -0.25) is 9.59 Å². The molecule has 0 atom stereocenters. The van der Waals surface area contributed by atoms with Gasteiger partial charge in [0.05, 0.1) is 13.0 Å². The zero-order chi connectivity index (χ0) is 19.2. The van der Waals surface area contributed by atoms with Crippen LogP contribution in [0.3, 0.4) is 0 Å². The van der Waals surface area contributed by atoms with Crippen molar-refractivity contribution in [3.63, 3.8) is 0 Å². The summed E-state index contributed by atoms with van der Waals surface area (Å²) in [7, 11) is 0. The molecule has 0 spiro atoms. The summed E-state index contributed by atoms with van der Waals surface area (Å²) in [4.78, 5) is 26.5. The normalized spacial score (nSPS) is 14.8. The van der Waals surface area contributed by atoms with Crippen LogP contribution < -0.4 is 10.1 Å². The fourth-order valence-corrected chi connectivity index (χ4v) is 3.16. The van der Waals surface area contributed by atoms with Crippen LogP contribution in [0.1, 0.15) is 41.6 Å². The first kappa shape index (κ1) is 18.9. The fourth-order valence-electron chi connectivity index (χ4n) is 3.16. The van der Waals surface area contributed by atoms with Crippen LogP contribution in [0.25, 0.3) is 0 Å². The number of benzene rings is 1. The second-order valence-electron chi connectivity index (χ2n) is 6.71. The van der Waals surface area contributed by atoms with Gasteiger partial charge in [-0.05, 0) is 44.4 Å². The smallest absolute Gasteiger partial charge is 0.273 e. The van der Waals surface area contributed by atoms with Gasteiger partial charge in [-0.15, -0.1) is 0 Å². The predicted molar refractivity (Wildman–Crippen MR) is 99.6 cm³/mol. The number of piperidine rings is 1. The molecule has 144 valence electrons. The number of hydrogen-bond donors (Lipinski definition) is 1. The van der Waals surface area contributed by atoms with Crippen LogP contribution in [0, 0.1) is 6.92 Å². The quantitative estimate of drug-likeness (QED) is 0.843. The number of nitrogens with one attached hydrogen (secondary N) is 1. The number of aromatic nitrogens is 1. The maximum absolute atomic E-state index is 12.5. The molecule has 1 saturated heterocycles. The van der Waals surface area contributed by atoms with Gasteiger partial charge in [-0.2, -0.15) is 0 Å². The van der Waals surface area contributed by atoms with Gasteiger partial charge in [0.1, 0.15) is 11.5 Å². The molecular formula is C20H25N3O4. The number of ether oxygens (including phenoxy) is 1. The van der Waals surface area contributed by atoms with Gasteiger partial charge in [-0.1, -0.05) is 17.3 Å². The molecule has 7 heteroatoms. The summed E-state index contributed by atoms with van der Waals surface area (Å²) in [6.45, 7) is 5.59. The molecule has 0 aliphatic carbocycles. The molecule has 3 rings (SSSR count). The minimum atomic E-state index is -0.231. The molecule has 2 amide bonds. The fraction of sp³-hybridized carbons (Fsp3) is 0.450. The van der Waals surface area contributed by atoms with Crippen molar-refractivity contribution >= 4 is 11.8 Å². The number of aryl methyl sites for hydroxylation is 1. The maximum Gasteiger partial charge on any atom is 0.273 e. The van der Waals surface area contributed by atoms with Gasteiger partial charge in [0, 0.05) is 25.2 Å². The molecule has 0 bridgehead atoms. The number of amides is 2. The largest absolute Gasteiger partial charge is 0.494 e. The third-order valence-corrected chi connectivity index (χ3v) is 4.63. The van der Waals surface area contributed by atoms with Crippen LogP contribution in [-0.4, -0.2) is 47.6 Å². The average Bonchev–Trinajstić information content (AvgIpc) is 3.11. The highest BCUT2D eigenvalue weighted by atomic mass is 16.5. The van der Waals surface area contributed by atoms with E-state index in [9.17, 15) is 9.59 Å². The van der Waals surface area contributed by atoms with Crippen molar-refractivity contribution in [2.45, 2.75) is 39.2 Å². The summed E-state index contributed by atoms with van der Waals surface area (Å²) < 4.78 is 10.3. The first-order valence-electron chi connectivity index (χ1n) is 9.29. The van der Waals surface area contributed by atoms with Gasteiger partial charge < -0.3 is 19.5 Å². The maximum atomic E-state index is 12.5. The highest BCUT2D eigenvalue weighted by Gasteiger charge is 2.25. The van der Waals surface area contributed by atoms with Crippen LogP contribution in [0.2, 0.25) is 0 Å². The van der Waals surface area contributed by atoms with Crippen molar-refractivity contribution in [2.24, 2.45) is 0 Å². The van der Waals surface area contributed by atoms with E-state index in [-0.39, 0.29) is 17.9 Å². The Morgan fingerprint density at radius 1 is 1.26 bits per heavy atom. The zero-order valence-corrected chi connectivity index (χ0v) is 15.7. The minimum Gasteiger partial charge on any atom is -0.494 e. The van der Waals surface area contributed by atoms with E-state index < -0.39 is 0 Å². The summed E-state index contributed by atoms with van der Waals surface area (Å²) in [6, 6.07) is 9.29. The van der Waals surface area contributed by atoms with Crippen molar-refractivity contribution in [2.75, 3.05) is 19.7 Å². The van der Waals surface area contributed by atoms with Crippen molar-refractivity contribution in [1.29, 1.82) is 0 Å². The van der Waals surface area contributed by atoms with E-state index in [2.05, 4.69) is 10.5 Å². The lowest BCUT2D eigenvalue weighted by Crippen LogP contribution is -2.47. The van der Waals surface area contributed by atoms with Gasteiger partial charge in [-0.25, -0.2) is 0 Å². The molecule has 0 radical (unpaired) electrons. The van der Waals surface area contributed by atoms with E-state index >= 15 is 0 Å². The molecule has 1 aromatic carbocycles. The van der Waals surface area contributed by atoms with Crippen LogP contribution >= 0.6 is 0 Å². The molecule has 1 aromatic heterocycles. The van der Waals surface area contributed by atoms with E-state index in [4.69, 9.17) is 9.26 Å². The number of rotatable bonds is 6. The Morgan fingerprint density at radius 3 is 2.56 bits per heavy atom. The zero-order valence-electron chi connectivity index (χ0n) is 15.7. The molecule has 7 nitrogen and oxygen atoms in total. The molecule has 1 N–H and O–H groups in total. The molecule has 2 heterocycles. The minimum absolute atomic E-state index is 0.0454. The van der Waals surface area contributed by atoms with Crippen LogP contribution in [-0.2, 0) is 11.2 Å². The molecule has 0 unspecified atom stereocenters. The summed E-state index contributed by atoms with van der Waals surface area (Å²) >= 11 is 0. The molecule has 1 aliphatic heterocycles. The van der Waals surface area contributed by atoms with Crippen molar-refractivity contribution < 1.29 is 18.8 Å². The summed E-state index contributed by atoms with van der Waals surface area (Å²) in [5.74, 6) is 1.30. The summed E-state index contributed by atoms with van der Waals surface area (Å²) in [5.41, 5.74) is 1.27. The molecule has 27 heavy (non-hydrogen) atoms. The standard InChI is InChI=1S/C20H25N3O4/c1-3-26-17-6-4-15(5-7-17)13-19(24)23-10-8-16(9-11-23)21-20(25)18-12-14(2)27-22-18/h4-7,12,16H,3,8-11,13H2,1-2H3,(H,21,25). The molecule has 0 saturated carbocycles. The lowest BCUT2D eigenvalue weighted by Gasteiger charge is -2.32. The van der Waals surface area contributed by atoms with Gasteiger partial charge in [0.15, 0.2) is 5.69 Å². The Hall–Kier alpha value is -2.83. The lowest BCUT2D eigenvalue weighted by atomic mass is 10.0. The highest BCUT2D eigenvalue weighted by Crippen LogP contribution is 2.16. The van der Waals surface area contributed by atoms with Gasteiger partial charge in [0.25, 0.3) is 5.91 Å². The summed E-state index contributed by atoms with van der Waals surface area (Å²) in [5, 5.41) is 6.69. The number of nitrogens with zero attached hydrogens (tertiary/aromatic N) is 2. The highest BCUT2D eigenvalue weighted by molar-refractivity contribution is 5.92.